The monoisotopic (exact) mass is 453 g/mol. The van der Waals surface area contributed by atoms with E-state index in [9.17, 15) is 13.2 Å². The van der Waals surface area contributed by atoms with Crippen LogP contribution in [0.2, 0.25) is 0 Å². The Hall–Kier alpha value is -2.35. The van der Waals surface area contributed by atoms with Gasteiger partial charge in [0.15, 0.2) is 21.0 Å². The number of anilines is 3. The average Bonchev–Trinajstić information content (AvgIpc) is 3.23. The minimum Gasteiger partial charge on any atom is -0.378 e. The van der Waals surface area contributed by atoms with Crippen LogP contribution in [0.15, 0.2) is 22.5 Å². The van der Waals surface area contributed by atoms with E-state index in [0.717, 1.165) is 36.1 Å². The van der Waals surface area contributed by atoms with Crippen molar-refractivity contribution in [3.05, 3.63) is 18.3 Å². The first-order valence-electron chi connectivity index (χ1n) is 9.58. The first kappa shape index (κ1) is 20.9. The van der Waals surface area contributed by atoms with Crippen LogP contribution in [0.4, 0.5) is 16.8 Å². The number of nitrogens with one attached hydrogen (secondary N) is 1. The van der Waals surface area contributed by atoms with Crippen LogP contribution in [-0.2, 0) is 19.6 Å². The summed E-state index contributed by atoms with van der Waals surface area (Å²) >= 11 is 0.952. The number of hydrogen-bond donors (Lipinski definition) is 1. The van der Waals surface area contributed by atoms with Crippen molar-refractivity contribution in [3.63, 3.8) is 0 Å². The zero-order valence-electron chi connectivity index (χ0n) is 16.5. The van der Waals surface area contributed by atoms with Crippen molar-refractivity contribution in [2.24, 2.45) is 0 Å². The molecule has 1 amide bonds. The number of thiazole rings is 1. The highest BCUT2D eigenvalue weighted by atomic mass is 32.2. The largest absolute Gasteiger partial charge is 0.378 e. The van der Waals surface area contributed by atoms with Gasteiger partial charge in [0.05, 0.1) is 19.4 Å². The lowest BCUT2D eigenvalue weighted by atomic mass is 10.3. The topological polar surface area (TPSA) is 121 Å². The molecule has 13 heteroatoms. The predicted molar refractivity (Wildman–Crippen MR) is 112 cm³/mol. The molecule has 0 spiro atoms. The van der Waals surface area contributed by atoms with Crippen molar-refractivity contribution in [2.45, 2.75) is 11.1 Å². The van der Waals surface area contributed by atoms with Crippen molar-refractivity contribution >= 4 is 44.0 Å². The van der Waals surface area contributed by atoms with E-state index in [4.69, 9.17) is 4.74 Å². The van der Waals surface area contributed by atoms with E-state index in [1.165, 1.54) is 17.4 Å². The summed E-state index contributed by atoms with van der Waals surface area (Å²) in [7, 11) is -3.65. The van der Waals surface area contributed by atoms with Gasteiger partial charge in [-0.25, -0.2) is 13.4 Å². The molecule has 0 bridgehead atoms. The SMILES string of the molecule is CC(=O)Nc1ncc(S(=O)(=O)N2CCN(c3ccc(N4CCOCC4)nn3)CC2)s1. The maximum Gasteiger partial charge on any atom is 0.254 e. The molecule has 2 aromatic heterocycles. The second-order valence-corrected chi connectivity index (χ2v) is 10.1. The molecule has 0 aromatic carbocycles. The fourth-order valence-electron chi connectivity index (χ4n) is 3.32. The summed E-state index contributed by atoms with van der Waals surface area (Å²) in [6.45, 7) is 6.02. The van der Waals surface area contributed by atoms with E-state index in [-0.39, 0.29) is 15.2 Å². The third kappa shape index (κ3) is 4.53. The molecule has 0 aliphatic carbocycles. The number of aromatic nitrogens is 3. The van der Waals surface area contributed by atoms with Gasteiger partial charge < -0.3 is 19.9 Å². The van der Waals surface area contributed by atoms with Crippen LogP contribution in [0.25, 0.3) is 0 Å². The van der Waals surface area contributed by atoms with E-state index in [1.807, 2.05) is 17.0 Å². The summed E-state index contributed by atoms with van der Waals surface area (Å²) in [5.74, 6) is 1.26. The van der Waals surface area contributed by atoms with Gasteiger partial charge >= 0.3 is 0 Å². The number of piperazine rings is 1. The molecule has 4 rings (SSSR count). The van der Waals surface area contributed by atoms with Crippen LogP contribution >= 0.6 is 11.3 Å². The number of carbonyl (C=O) groups excluding carboxylic acids is 1. The first-order chi connectivity index (χ1) is 14.4. The summed E-state index contributed by atoms with van der Waals surface area (Å²) in [6, 6.07) is 3.86. The van der Waals surface area contributed by atoms with Crippen molar-refractivity contribution in [2.75, 3.05) is 67.6 Å². The Morgan fingerprint density at radius 3 is 2.20 bits per heavy atom. The zero-order valence-corrected chi connectivity index (χ0v) is 18.2. The zero-order chi connectivity index (χ0) is 21.1. The summed E-state index contributed by atoms with van der Waals surface area (Å²) < 4.78 is 32.6. The molecule has 162 valence electrons. The van der Waals surface area contributed by atoms with Gasteiger partial charge in [-0.3, -0.25) is 4.79 Å². The van der Waals surface area contributed by atoms with E-state index in [2.05, 4.69) is 25.4 Å². The van der Waals surface area contributed by atoms with Crippen molar-refractivity contribution in [1.29, 1.82) is 0 Å². The molecule has 0 unspecified atom stereocenters. The number of sulfonamides is 1. The molecule has 0 saturated carbocycles. The summed E-state index contributed by atoms with van der Waals surface area (Å²) in [6.07, 6.45) is 1.29. The number of carbonyl (C=O) groups is 1. The third-order valence-corrected chi connectivity index (χ3v) is 8.14. The van der Waals surface area contributed by atoms with Gasteiger partial charge in [-0.1, -0.05) is 11.3 Å². The Bertz CT molecular complexity index is 982. The van der Waals surface area contributed by atoms with Crippen LogP contribution in [-0.4, -0.2) is 86.3 Å². The van der Waals surface area contributed by atoms with E-state index >= 15 is 0 Å². The highest BCUT2D eigenvalue weighted by molar-refractivity contribution is 7.91. The maximum absolute atomic E-state index is 12.9. The molecule has 11 nitrogen and oxygen atoms in total. The molecule has 2 fully saturated rings. The second-order valence-electron chi connectivity index (χ2n) is 6.91. The van der Waals surface area contributed by atoms with Gasteiger partial charge in [0.2, 0.25) is 5.91 Å². The fourth-order valence-corrected chi connectivity index (χ4v) is 5.97. The van der Waals surface area contributed by atoms with E-state index in [0.29, 0.717) is 39.4 Å². The fraction of sp³-hybridized carbons (Fsp3) is 0.529. The van der Waals surface area contributed by atoms with E-state index < -0.39 is 10.0 Å². The highest BCUT2D eigenvalue weighted by Crippen LogP contribution is 2.27. The van der Waals surface area contributed by atoms with Gasteiger partial charge in [0.25, 0.3) is 10.0 Å². The quantitative estimate of drug-likeness (QED) is 0.678. The summed E-state index contributed by atoms with van der Waals surface area (Å²) in [5, 5.41) is 11.4. The van der Waals surface area contributed by atoms with Gasteiger partial charge in [-0.05, 0) is 12.1 Å². The molecule has 2 aliphatic heterocycles. The Balaban J connectivity index is 1.37. The lowest BCUT2D eigenvalue weighted by molar-refractivity contribution is -0.114. The Labute approximate surface area is 178 Å². The van der Waals surface area contributed by atoms with Crippen LogP contribution in [0.5, 0.6) is 0 Å². The minimum absolute atomic E-state index is 0.120. The molecular formula is C17H23N7O4S2. The summed E-state index contributed by atoms with van der Waals surface area (Å²) in [5.41, 5.74) is 0. The Morgan fingerprint density at radius 2 is 1.63 bits per heavy atom. The number of morpholine rings is 1. The number of ether oxygens (including phenoxy) is 1. The van der Waals surface area contributed by atoms with Crippen LogP contribution in [0.3, 0.4) is 0 Å². The molecule has 4 heterocycles. The third-order valence-electron chi connectivity index (χ3n) is 4.90. The molecule has 2 saturated heterocycles. The number of hydrogen-bond acceptors (Lipinski definition) is 10. The second kappa shape index (κ2) is 8.79. The predicted octanol–water partition coefficient (Wildman–Crippen LogP) is 0.239. The average molecular weight is 454 g/mol. The van der Waals surface area contributed by atoms with Gasteiger partial charge in [-0.15, -0.1) is 10.2 Å². The van der Waals surface area contributed by atoms with Gasteiger partial charge in [0.1, 0.15) is 0 Å². The summed E-state index contributed by atoms with van der Waals surface area (Å²) in [4.78, 5) is 19.3. The standard InChI is InChI=1S/C17H23N7O4S2/c1-13(25)19-17-18-12-16(29-17)30(26,27)24-6-4-22(5-7-24)14-2-3-15(21-20-14)23-8-10-28-11-9-23/h2-3,12H,4-11H2,1H3,(H,18,19,25). The molecule has 1 N–H and O–H groups in total. The van der Waals surface area contributed by atoms with Crippen LogP contribution in [0, 0.1) is 0 Å². The molecular weight excluding hydrogens is 430 g/mol. The molecule has 0 atom stereocenters. The maximum atomic E-state index is 12.9. The van der Waals surface area contributed by atoms with E-state index in [1.54, 1.807) is 0 Å². The Kier molecular flexibility index (Phi) is 6.13. The number of rotatable bonds is 5. The molecule has 30 heavy (non-hydrogen) atoms. The van der Waals surface area contributed by atoms with Crippen LogP contribution < -0.4 is 15.1 Å². The van der Waals surface area contributed by atoms with Gasteiger partial charge in [-0.2, -0.15) is 4.31 Å². The number of nitrogens with zero attached hydrogens (tertiary/aromatic N) is 6. The minimum atomic E-state index is -3.65. The van der Waals surface area contributed by atoms with Crippen LogP contribution in [0.1, 0.15) is 6.92 Å². The van der Waals surface area contributed by atoms with Crippen molar-refractivity contribution in [1.82, 2.24) is 19.5 Å². The normalized spacial score (nSPS) is 18.4. The lowest BCUT2D eigenvalue weighted by Crippen LogP contribution is -2.48. The molecule has 2 aromatic rings. The van der Waals surface area contributed by atoms with Crippen molar-refractivity contribution < 1.29 is 17.9 Å². The first-order valence-corrected chi connectivity index (χ1v) is 11.8. The lowest BCUT2D eigenvalue weighted by Gasteiger charge is -2.34. The van der Waals surface area contributed by atoms with Crippen molar-refractivity contribution in [3.8, 4) is 0 Å². The smallest absolute Gasteiger partial charge is 0.254 e. The van der Waals surface area contributed by atoms with Gasteiger partial charge in [0, 0.05) is 46.2 Å². The number of amides is 1. The molecule has 0 radical (unpaired) electrons. The Morgan fingerprint density at radius 1 is 1.03 bits per heavy atom. The highest BCUT2D eigenvalue weighted by Gasteiger charge is 2.31. The molecule has 2 aliphatic rings.